The Morgan fingerprint density at radius 2 is 1.60 bits per heavy atom. The molecule has 0 aliphatic carbocycles. The van der Waals surface area contributed by atoms with Crippen LogP contribution in [0.4, 0.5) is 15.3 Å². The molecule has 2 aromatic heterocycles. The molecule has 0 saturated carbocycles. The second-order valence-corrected chi connectivity index (χ2v) is 15.5. The number of methoxy groups -OCH3 is 1. The lowest BCUT2D eigenvalue weighted by Gasteiger charge is -2.24. The predicted molar refractivity (Wildman–Crippen MR) is 205 cm³/mol. The van der Waals surface area contributed by atoms with Crippen LogP contribution in [-0.4, -0.2) is 92.1 Å². The summed E-state index contributed by atoms with van der Waals surface area (Å²) in [6, 6.07) is 20.2. The average Bonchev–Trinajstić information content (AvgIpc) is 3.50. The zero-order chi connectivity index (χ0) is 38.7. The molecule has 13 nitrogen and oxygen atoms in total. The maximum absolute atomic E-state index is 14.0. The molecule has 0 aliphatic rings. The Kier molecular flexibility index (Phi) is 11.1. The number of nitrogens with one attached hydrogen (secondary N) is 2. The van der Waals surface area contributed by atoms with Gasteiger partial charge in [-0.15, -0.1) is 0 Å². The topological polar surface area (TPSA) is 152 Å². The van der Waals surface area contributed by atoms with Gasteiger partial charge in [0.2, 0.25) is 0 Å². The number of carbonyl (C=O) groups is 3. The second kappa shape index (κ2) is 15.4. The molecule has 2 N–H and O–H groups in total. The van der Waals surface area contributed by atoms with Crippen molar-refractivity contribution in [1.82, 2.24) is 24.1 Å². The number of pyridine rings is 1. The van der Waals surface area contributed by atoms with Crippen molar-refractivity contribution in [2.24, 2.45) is 0 Å². The first-order valence-electron chi connectivity index (χ1n) is 16.8. The number of urea groups is 1. The van der Waals surface area contributed by atoms with E-state index in [2.05, 4.69) is 15.6 Å². The van der Waals surface area contributed by atoms with Crippen LogP contribution in [0.1, 0.15) is 36.7 Å². The molecule has 0 spiro atoms. The van der Waals surface area contributed by atoms with E-state index in [4.69, 9.17) is 9.47 Å². The zero-order valence-corrected chi connectivity index (χ0v) is 31.9. The van der Waals surface area contributed by atoms with Crippen molar-refractivity contribution < 1.29 is 32.3 Å². The number of para-hydroxylation sites is 1. The third kappa shape index (κ3) is 8.60. The van der Waals surface area contributed by atoms with Gasteiger partial charge in [-0.2, -0.15) is 0 Å². The van der Waals surface area contributed by atoms with Gasteiger partial charge in [-0.1, -0.05) is 42.0 Å². The Morgan fingerprint density at radius 3 is 2.26 bits per heavy atom. The summed E-state index contributed by atoms with van der Waals surface area (Å²) in [7, 11) is 2.29. The van der Waals surface area contributed by atoms with E-state index in [0.717, 1.165) is 5.56 Å². The summed E-state index contributed by atoms with van der Waals surface area (Å²) in [6.45, 7) is 7.53. The number of nitrogens with zero attached hydrogens (tertiary/aromatic N) is 4. The van der Waals surface area contributed by atoms with Gasteiger partial charge in [-0.05, 0) is 69.7 Å². The van der Waals surface area contributed by atoms with Crippen LogP contribution >= 0.6 is 0 Å². The zero-order valence-electron chi connectivity index (χ0n) is 31.1. The molecule has 5 rings (SSSR count). The Labute approximate surface area is 309 Å². The van der Waals surface area contributed by atoms with Crippen LogP contribution in [0.15, 0.2) is 90.1 Å². The molecular formula is C39H44N6O7S. The fraction of sp³-hybridized carbons (Fsp3) is 0.282. The summed E-state index contributed by atoms with van der Waals surface area (Å²) in [5.74, 6) is 0.194. The van der Waals surface area contributed by atoms with Gasteiger partial charge in [0.25, 0.3) is 15.9 Å². The molecular weight excluding hydrogens is 697 g/mol. The van der Waals surface area contributed by atoms with E-state index in [1.165, 1.54) is 13.8 Å². The minimum atomic E-state index is -4.04. The van der Waals surface area contributed by atoms with Gasteiger partial charge < -0.3 is 29.9 Å². The molecule has 3 aromatic carbocycles. The number of carbonyl (C=O) groups excluding carboxylic acids is 3. The van der Waals surface area contributed by atoms with Gasteiger partial charge in [-0.3, -0.25) is 4.79 Å². The van der Waals surface area contributed by atoms with Crippen LogP contribution in [0, 0.1) is 6.92 Å². The SMILES string of the molecule is COc1ccccc1-c1cn(S(=O)(=O)c2ccc(C)cc2)c2ncc(-c3ccc(NC(=O)NCCN(C)C(=O)OC(C)(C)C)c(C(=O)N(C)C)c3)cc12. The number of fused-ring (bicyclic) bond motifs is 1. The quantitative estimate of drug-likeness (QED) is 0.162. The third-order valence-electron chi connectivity index (χ3n) is 8.26. The van der Waals surface area contributed by atoms with Gasteiger partial charge in [-0.25, -0.2) is 27.0 Å². The fourth-order valence-electron chi connectivity index (χ4n) is 5.51. The molecule has 0 saturated heterocycles. The number of aryl methyl sites for hydroxylation is 1. The van der Waals surface area contributed by atoms with Crippen LogP contribution < -0.4 is 15.4 Å². The van der Waals surface area contributed by atoms with E-state index in [1.54, 1.807) is 110 Å². The first-order chi connectivity index (χ1) is 25.0. The molecule has 0 atom stereocenters. The lowest BCUT2D eigenvalue weighted by Crippen LogP contribution is -2.40. The molecule has 53 heavy (non-hydrogen) atoms. The van der Waals surface area contributed by atoms with E-state index >= 15 is 0 Å². The number of amides is 4. The second-order valence-electron chi connectivity index (χ2n) is 13.7. The number of anilines is 1. The van der Waals surface area contributed by atoms with E-state index in [0.29, 0.717) is 33.4 Å². The Hall–Kier alpha value is -5.89. The Balaban J connectivity index is 1.51. The van der Waals surface area contributed by atoms with Crippen LogP contribution in [0.5, 0.6) is 5.75 Å². The lowest BCUT2D eigenvalue weighted by atomic mass is 9.99. The van der Waals surface area contributed by atoms with Crippen LogP contribution in [-0.2, 0) is 14.8 Å². The largest absolute Gasteiger partial charge is 0.496 e. The fourth-order valence-corrected chi connectivity index (χ4v) is 6.84. The average molecular weight is 741 g/mol. The highest BCUT2D eigenvalue weighted by molar-refractivity contribution is 7.90. The molecule has 0 bridgehead atoms. The molecule has 0 aliphatic heterocycles. The van der Waals surface area contributed by atoms with Crippen molar-refractivity contribution in [2.45, 2.75) is 38.2 Å². The minimum absolute atomic E-state index is 0.117. The molecule has 5 aromatic rings. The van der Waals surface area contributed by atoms with Crippen molar-refractivity contribution in [3.63, 3.8) is 0 Å². The highest BCUT2D eigenvalue weighted by Crippen LogP contribution is 2.39. The summed E-state index contributed by atoms with van der Waals surface area (Å²) >= 11 is 0. The first-order valence-corrected chi connectivity index (χ1v) is 18.3. The number of aromatic nitrogens is 2. The van der Waals surface area contributed by atoms with E-state index < -0.39 is 27.7 Å². The monoisotopic (exact) mass is 740 g/mol. The Morgan fingerprint density at radius 1 is 0.906 bits per heavy atom. The number of likely N-dealkylation sites (N-methyl/N-ethyl adjacent to an activating group) is 1. The molecule has 278 valence electrons. The summed E-state index contributed by atoms with van der Waals surface area (Å²) in [5.41, 5.74) is 3.45. The summed E-state index contributed by atoms with van der Waals surface area (Å²) in [4.78, 5) is 46.1. The standard InChI is InChI=1S/C39H44N6O7S/c1-25-13-16-28(17-14-25)53(49,50)45-24-32(29-11-9-10-12-34(29)51-8)30-22-27(23-41-35(30)45)26-15-18-33(31(21-26)36(46)43(5)6)42-37(47)40-19-20-44(7)38(48)52-39(2,3)4/h9-18,21-24H,19-20H2,1-8H3,(H2,40,42,47). The third-order valence-corrected chi connectivity index (χ3v) is 9.93. The normalized spacial score (nSPS) is 11.5. The van der Waals surface area contributed by atoms with Crippen molar-refractivity contribution in [3.05, 3.63) is 96.3 Å². The number of benzene rings is 3. The molecule has 0 fully saturated rings. The van der Waals surface area contributed by atoms with Gasteiger partial charge in [0.1, 0.15) is 11.4 Å². The highest BCUT2D eigenvalue weighted by atomic mass is 32.2. The first kappa shape index (κ1) is 38.3. The number of hydrogen-bond acceptors (Lipinski definition) is 8. The summed E-state index contributed by atoms with van der Waals surface area (Å²) in [6.07, 6.45) is 2.59. The molecule has 14 heteroatoms. The van der Waals surface area contributed by atoms with Crippen molar-refractivity contribution in [2.75, 3.05) is 46.7 Å². The van der Waals surface area contributed by atoms with E-state index in [-0.39, 0.29) is 40.8 Å². The minimum Gasteiger partial charge on any atom is -0.496 e. The maximum atomic E-state index is 14.0. The molecule has 0 radical (unpaired) electrons. The highest BCUT2D eigenvalue weighted by Gasteiger charge is 2.25. The maximum Gasteiger partial charge on any atom is 0.410 e. The van der Waals surface area contributed by atoms with Crippen LogP contribution in [0.2, 0.25) is 0 Å². The molecule has 2 heterocycles. The van der Waals surface area contributed by atoms with Gasteiger partial charge >= 0.3 is 12.1 Å². The van der Waals surface area contributed by atoms with Crippen molar-refractivity contribution in [3.8, 4) is 28.0 Å². The lowest BCUT2D eigenvalue weighted by molar-refractivity contribution is 0.0301. The van der Waals surface area contributed by atoms with Gasteiger partial charge in [0.15, 0.2) is 5.65 Å². The predicted octanol–water partition coefficient (Wildman–Crippen LogP) is 6.61. The van der Waals surface area contributed by atoms with Crippen molar-refractivity contribution >= 4 is 44.8 Å². The van der Waals surface area contributed by atoms with Crippen molar-refractivity contribution in [1.29, 1.82) is 0 Å². The summed E-state index contributed by atoms with van der Waals surface area (Å²) < 4.78 is 40.1. The molecule has 4 amide bonds. The smallest absolute Gasteiger partial charge is 0.410 e. The Bertz CT molecular complexity index is 2280. The number of rotatable bonds is 10. The van der Waals surface area contributed by atoms with Crippen LogP contribution in [0.3, 0.4) is 0 Å². The number of ether oxygens (including phenoxy) is 2. The van der Waals surface area contributed by atoms with Gasteiger partial charge in [0, 0.05) is 68.7 Å². The summed E-state index contributed by atoms with van der Waals surface area (Å²) in [5, 5.41) is 5.99. The van der Waals surface area contributed by atoms with Crippen LogP contribution in [0.25, 0.3) is 33.3 Å². The number of hydrogen-bond donors (Lipinski definition) is 2. The van der Waals surface area contributed by atoms with Gasteiger partial charge in [0.05, 0.1) is 23.3 Å². The van der Waals surface area contributed by atoms with E-state index in [1.807, 2.05) is 31.2 Å². The molecule has 0 unspecified atom stereocenters. The van der Waals surface area contributed by atoms with E-state index in [9.17, 15) is 22.8 Å².